The van der Waals surface area contributed by atoms with Crippen molar-refractivity contribution in [2.75, 3.05) is 7.05 Å². The fourth-order valence-electron chi connectivity index (χ4n) is 6.08. The number of rotatable bonds is 2. The summed E-state index contributed by atoms with van der Waals surface area (Å²) in [6.45, 7) is 0. The van der Waals surface area contributed by atoms with Crippen molar-refractivity contribution < 1.29 is 14.4 Å². The van der Waals surface area contributed by atoms with Crippen molar-refractivity contribution in [3.8, 4) is 0 Å². The van der Waals surface area contributed by atoms with Crippen molar-refractivity contribution >= 4 is 17.7 Å². The van der Waals surface area contributed by atoms with E-state index < -0.39 is 0 Å². The predicted octanol–water partition coefficient (Wildman–Crippen LogP) is 2.61. The highest BCUT2D eigenvalue weighted by Gasteiger charge is 2.51. The third-order valence-electron chi connectivity index (χ3n) is 6.77. The standard InChI is InChI=1S/C20H22N2O3/c1-22-18(24)15-3-2-14(7-16(15)19(22)25)17(23)21-20-8-11-4-12(9-20)6-13(5-11)10-20/h2-3,7,11-13H,4-6,8-10H2,1H3,(H,21,23). The third kappa shape index (κ3) is 2.17. The van der Waals surface area contributed by atoms with E-state index in [0.717, 1.165) is 41.9 Å². The number of hydrogen-bond acceptors (Lipinski definition) is 3. The zero-order chi connectivity index (χ0) is 17.3. The van der Waals surface area contributed by atoms with Crippen LogP contribution in [0.3, 0.4) is 0 Å². The number of hydrogen-bond donors (Lipinski definition) is 1. The molecule has 0 saturated heterocycles. The number of nitrogens with one attached hydrogen (secondary N) is 1. The van der Waals surface area contributed by atoms with Gasteiger partial charge in [0.2, 0.25) is 0 Å². The second-order valence-electron chi connectivity index (χ2n) is 8.58. The van der Waals surface area contributed by atoms with Crippen molar-refractivity contribution in [2.45, 2.75) is 44.1 Å². The van der Waals surface area contributed by atoms with Gasteiger partial charge >= 0.3 is 0 Å². The number of carbonyl (C=O) groups is 3. The van der Waals surface area contributed by atoms with Crippen LogP contribution >= 0.6 is 0 Å². The summed E-state index contributed by atoms with van der Waals surface area (Å²) in [6.07, 6.45) is 7.27. The van der Waals surface area contributed by atoms with E-state index in [1.807, 2.05) is 0 Å². The van der Waals surface area contributed by atoms with Crippen LogP contribution in [-0.4, -0.2) is 35.2 Å². The first kappa shape index (κ1) is 15.1. The molecule has 6 rings (SSSR count). The zero-order valence-electron chi connectivity index (χ0n) is 14.4. The van der Waals surface area contributed by atoms with E-state index >= 15 is 0 Å². The Balaban J connectivity index is 1.41. The minimum Gasteiger partial charge on any atom is -0.347 e. The lowest BCUT2D eigenvalue weighted by Gasteiger charge is -2.56. The van der Waals surface area contributed by atoms with Crippen LogP contribution in [0.15, 0.2) is 18.2 Å². The van der Waals surface area contributed by atoms with Crippen LogP contribution in [0.25, 0.3) is 0 Å². The molecule has 0 atom stereocenters. The van der Waals surface area contributed by atoms with Gasteiger partial charge in [-0.1, -0.05) is 0 Å². The van der Waals surface area contributed by atoms with Gasteiger partial charge in [-0.05, 0) is 74.5 Å². The Bertz CT molecular complexity index is 778. The maximum Gasteiger partial charge on any atom is 0.261 e. The van der Waals surface area contributed by atoms with Gasteiger partial charge < -0.3 is 5.32 Å². The fourth-order valence-corrected chi connectivity index (χ4v) is 6.08. The molecule has 5 aliphatic rings. The van der Waals surface area contributed by atoms with Gasteiger partial charge in [0, 0.05) is 18.2 Å². The number of benzene rings is 1. The van der Waals surface area contributed by atoms with Gasteiger partial charge in [-0.25, -0.2) is 0 Å². The van der Waals surface area contributed by atoms with Crippen molar-refractivity contribution in [3.63, 3.8) is 0 Å². The van der Waals surface area contributed by atoms with Crippen LogP contribution in [0.2, 0.25) is 0 Å². The van der Waals surface area contributed by atoms with E-state index in [1.165, 1.54) is 26.3 Å². The number of imide groups is 1. The molecule has 4 fully saturated rings. The van der Waals surface area contributed by atoms with Gasteiger partial charge in [0.1, 0.15) is 0 Å². The summed E-state index contributed by atoms with van der Waals surface area (Å²) in [4.78, 5) is 38.1. The molecular formula is C20H22N2O3. The SMILES string of the molecule is CN1C(=O)c2ccc(C(=O)NC34CC5CC(CC(C5)C3)C4)cc2C1=O. The second kappa shape index (κ2) is 4.93. The maximum atomic E-state index is 12.9. The van der Waals surface area contributed by atoms with Crippen LogP contribution in [-0.2, 0) is 0 Å². The van der Waals surface area contributed by atoms with Crippen LogP contribution in [0.5, 0.6) is 0 Å². The highest BCUT2D eigenvalue weighted by atomic mass is 16.2. The summed E-state index contributed by atoms with van der Waals surface area (Å²) in [7, 11) is 1.47. The molecule has 0 spiro atoms. The monoisotopic (exact) mass is 338 g/mol. The molecule has 3 amide bonds. The van der Waals surface area contributed by atoms with E-state index in [-0.39, 0.29) is 23.3 Å². The lowest BCUT2D eigenvalue weighted by Crippen LogP contribution is -2.59. The van der Waals surface area contributed by atoms with E-state index in [9.17, 15) is 14.4 Å². The lowest BCUT2D eigenvalue weighted by atomic mass is 9.53. The average Bonchev–Trinajstić information content (AvgIpc) is 2.77. The molecule has 4 saturated carbocycles. The van der Waals surface area contributed by atoms with Crippen molar-refractivity contribution in [3.05, 3.63) is 34.9 Å². The summed E-state index contributed by atoms with van der Waals surface area (Å²) in [6, 6.07) is 4.85. The summed E-state index contributed by atoms with van der Waals surface area (Å²) in [5.74, 6) is 1.55. The molecule has 1 N–H and O–H groups in total. The number of carbonyl (C=O) groups excluding carboxylic acids is 3. The molecule has 1 aromatic carbocycles. The first-order valence-electron chi connectivity index (χ1n) is 9.23. The lowest BCUT2D eigenvalue weighted by molar-refractivity contribution is -0.0167. The van der Waals surface area contributed by atoms with Crippen molar-refractivity contribution in [1.29, 1.82) is 0 Å². The summed E-state index contributed by atoms with van der Waals surface area (Å²) in [5, 5.41) is 3.32. The zero-order valence-corrected chi connectivity index (χ0v) is 14.4. The number of amides is 3. The molecule has 5 heteroatoms. The molecule has 1 aliphatic heterocycles. The molecule has 1 aromatic rings. The number of nitrogens with zero attached hydrogens (tertiary/aromatic N) is 1. The van der Waals surface area contributed by atoms with Gasteiger partial charge in [0.25, 0.3) is 17.7 Å². The van der Waals surface area contributed by atoms with Gasteiger partial charge in [-0.2, -0.15) is 0 Å². The van der Waals surface area contributed by atoms with E-state index in [4.69, 9.17) is 0 Å². The minimum atomic E-state index is -0.329. The molecule has 0 unspecified atom stereocenters. The van der Waals surface area contributed by atoms with Gasteiger partial charge in [-0.15, -0.1) is 0 Å². The highest BCUT2D eigenvalue weighted by molar-refractivity contribution is 6.21. The predicted molar refractivity (Wildman–Crippen MR) is 91.2 cm³/mol. The second-order valence-corrected chi connectivity index (χ2v) is 8.58. The summed E-state index contributed by atoms with van der Waals surface area (Å²) in [5.41, 5.74) is 1.15. The Morgan fingerprint density at radius 1 is 1.00 bits per heavy atom. The van der Waals surface area contributed by atoms with Crippen molar-refractivity contribution in [2.24, 2.45) is 17.8 Å². The quantitative estimate of drug-likeness (QED) is 0.843. The van der Waals surface area contributed by atoms with Gasteiger partial charge in [0.05, 0.1) is 11.1 Å². The number of fused-ring (bicyclic) bond motifs is 1. The van der Waals surface area contributed by atoms with Gasteiger partial charge in [-0.3, -0.25) is 19.3 Å². The molecule has 25 heavy (non-hydrogen) atoms. The summed E-state index contributed by atoms with van der Waals surface area (Å²) >= 11 is 0. The smallest absolute Gasteiger partial charge is 0.261 e. The Morgan fingerprint density at radius 2 is 1.56 bits per heavy atom. The molecule has 4 bridgehead atoms. The first-order chi connectivity index (χ1) is 11.9. The molecule has 1 heterocycles. The molecule has 130 valence electrons. The molecule has 0 aromatic heterocycles. The largest absolute Gasteiger partial charge is 0.347 e. The van der Waals surface area contributed by atoms with Crippen LogP contribution in [0, 0.1) is 17.8 Å². The normalized spacial score (nSPS) is 35.2. The van der Waals surface area contributed by atoms with E-state index in [1.54, 1.807) is 18.2 Å². The van der Waals surface area contributed by atoms with E-state index in [0.29, 0.717) is 16.7 Å². The molecule has 0 radical (unpaired) electrons. The van der Waals surface area contributed by atoms with Crippen LogP contribution in [0.4, 0.5) is 0 Å². The Labute approximate surface area is 146 Å². The summed E-state index contributed by atoms with van der Waals surface area (Å²) < 4.78 is 0. The first-order valence-corrected chi connectivity index (χ1v) is 9.23. The van der Waals surface area contributed by atoms with Crippen molar-refractivity contribution in [1.82, 2.24) is 10.2 Å². The Hall–Kier alpha value is -2.17. The molecule has 4 aliphatic carbocycles. The Morgan fingerprint density at radius 3 is 2.16 bits per heavy atom. The average molecular weight is 338 g/mol. The third-order valence-corrected chi connectivity index (χ3v) is 6.77. The minimum absolute atomic E-state index is 0.0541. The molecular weight excluding hydrogens is 316 g/mol. The topological polar surface area (TPSA) is 66.5 Å². The van der Waals surface area contributed by atoms with E-state index in [2.05, 4.69) is 5.32 Å². The maximum absolute atomic E-state index is 12.9. The Kier molecular flexibility index (Phi) is 2.98. The highest BCUT2D eigenvalue weighted by Crippen LogP contribution is 2.55. The van der Waals surface area contributed by atoms with Crippen LogP contribution < -0.4 is 5.32 Å². The fraction of sp³-hybridized carbons (Fsp3) is 0.550. The molecule has 5 nitrogen and oxygen atoms in total. The van der Waals surface area contributed by atoms with Crippen LogP contribution in [0.1, 0.15) is 69.6 Å². The van der Waals surface area contributed by atoms with Gasteiger partial charge in [0.15, 0.2) is 0 Å².